The lowest BCUT2D eigenvalue weighted by atomic mass is 10.0. The molecule has 2 aliphatic heterocycles. The van der Waals surface area contributed by atoms with Crippen LogP contribution in [0, 0.1) is 20.8 Å². The Bertz CT molecular complexity index is 850. The van der Waals surface area contributed by atoms with Crippen molar-refractivity contribution < 1.29 is 9.32 Å². The van der Waals surface area contributed by atoms with E-state index >= 15 is 0 Å². The molecule has 30 heavy (non-hydrogen) atoms. The largest absolute Gasteiger partial charge is 0.369 e. The Kier molecular flexibility index (Phi) is 6.42. The second kappa shape index (κ2) is 9.21. The van der Waals surface area contributed by atoms with E-state index in [9.17, 15) is 4.79 Å². The van der Waals surface area contributed by atoms with Crippen LogP contribution in [0.2, 0.25) is 0 Å². The summed E-state index contributed by atoms with van der Waals surface area (Å²) in [7, 11) is 0. The monoisotopic (exact) mass is 410 g/mol. The lowest BCUT2D eigenvalue weighted by Crippen LogP contribution is -2.56. The zero-order valence-corrected chi connectivity index (χ0v) is 18.6. The maximum absolute atomic E-state index is 12.9. The molecule has 2 fully saturated rings. The molecule has 2 saturated heterocycles. The summed E-state index contributed by atoms with van der Waals surface area (Å²) in [6, 6.07) is 9.14. The summed E-state index contributed by atoms with van der Waals surface area (Å²) in [5.74, 6) is 1.10. The molecule has 162 valence electrons. The van der Waals surface area contributed by atoms with E-state index in [1.165, 1.54) is 17.7 Å². The van der Waals surface area contributed by atoms with Gasteiger partial charge in [-0.05, 0) is 51.7 Å². The number of para-hydroxylation sites is 1. The Balaban J connectivity index is 1.29. The first kappa shape index (κ1) is 20.9. The van der Waals surface area contributed by atoms with Gasteiger partial charge in [0.25, 0.3) is 0 Å². The second-order valence-corrected chi connectivity index (χ2v) is 8.75. The molecule has 6 nitrogen and oxygen atoms in total. The fourth-order valence-corrected chi connectivity index (χ4v) is 4.97. The van der Waals surface area contributed by atoms with Crippen molar-refractivity contribution >= 4 is 11.6 Å². The van der Waals surface area contributed by atoms with Gasteiger partial charge in [-0.25, -0.2) is 0 Å². The van der Waals surface area contributed by atoms with Gasteiger partial charge >= 0.3 is 0 Å². The number of benzene rings is 1. The van der Waals surface area contributed by atoms with E-state index in [0.717, 1.165) is 69.1 Å². The van der Waals surface area contributed by atoms with Crippen molar-refractivity contribution in [3.63, 3.8) is 0 Å². The second-order valence-electron chi connectivity index (χ2n) is 8.75. The Labute approximate surface area is 179 Å². The van der Waals surface area contributed by atoms with Crippen molar-refractivity contribution in [2.24, 2.45) is 0 Å². The average Bonchev–Trinajstić information content (AvgIpc) is 3.10. The van der Waals surface area contributed by atoms with Gasteiger partial charge < -0.3 is 14.3 Å². The van der Waals surface area contributed by atoms with Crippen LogP contribution in [0.1, 0.15) is 41.8 Å². The third-order valence-electron chi connectivity index (χ3n) is 6.81. The molecule has 0 aliphatic carbocycles. The number of carbonyl (C=O) groups is 1. The zero-order valence-electron chi connectivity index (χ0n) is 18.6. The summed E-state index contributed by atoms with van der Waals surface area (Å²) in [6.07, 6.45) is 3.55. The van der Waals surface area contributed by atoms with Gasteiger partial charge in [-0.3, -0.25) is 9.69 Å². The average molecular weight is 411 g/mol. The van der Waals surface area contributed by atoms with Crippen LogP contribution < -0.4 is 4.90 Å². The maximum atomic E-state index is 12.9. The van der Waals surface area contributed by atoms with Gasteiger partial charge in [-0.2, -0.15) is 0 Å². The zero-order chi connectivity index (χ0) is 21.1. The first-order valence-electron chi connectivity index (χ1n) is 11.3. The number of carbonyl (C=O) groups excluding carboxylic acids is 1. The lowest BCUT2D eigenvalue weighted by Gasteiger charge is -2.44. The van der Waals surface area contributed by atoms with E-state index in [2.05, 4.69) is 51.0 Å². The standard InChI is InChI=1S/C24H34N4O2/c1-18-7-4-5-9-23(18)27-15-13-26(14-16-27)21-8-6-12-28(17-21)24(29)11-10-22-19(2)25-30-20(22)3/h4-5,7,9,21H,6,8,10-17H2,1-3H3. The van der Waals surface area contributed by atoms with E-state index < -0.39 is 0 Å². The minimum absolute atomic E-state index is 0.262. The molecule has 2 aromatic rings. The van der Waals surface area contributed by atoms with E-state index in [0.29, 0.717) is 12.5 Å². The van der Waals surface area contributed by atoms with Crippen molar-refractivity contribution in [3.05, 3.63) is 46.8 Å². The number of likely N-dealkylation sites (tertiary alicyclic amines) is 1. The van der Waals surface area contributed by atoms with Crippen molar-refractivity contribution in [2.75, 3.05) is 44.2 Å². The minimum atomic E-state index is 0.262. The van der Waals surface area contributed by atoms with Crippen molar-refractivity contribution in [1.82, 2.24) is 15.0 Å². The molecule has 1 atom stereocenters. The highest BCUT2D eigenvalue weighted by Crippen LogP contribution is 2.24. The van der Waals surface area contributed by atoms with Crippen molar-refractivity contribution in [2.45, 2.75) is 52.5 Å². The number of amides is 1. The number of piperidine rings is 1. The Morgan fingerprint density at radius 1 is 1.10 bits per heavy atom. The number of nitrogens with zero attached hydrogens (tertiary/aromatic N) is 4. The fourth-order valence-electron chi connectivity index (χ4n) is 4.97. The van der Waals surface area contributed by atoms with Crippen LogP contribution in [0.5, 0.6) is 0 Å². The summed E-state index contributed by atoms with van der Waals surface area (Å²) in [6.45, 7) is 12.1. The van der Waals surface area contributed by atoms with Crippen LogP contribution in [0.25, 0.3) is 0 Å². The number of aromatic nitrogens is 1. The predicted octanol–water partition coefficient (Wildman–Crippen LogP) is 3.35. The van der Waals surface area contributed by atoms with Crippen LogP contribution in [0.3, 0.4) is 0 Å². The molecule has 4 rings (SSSR count). The van der Waals surface area contributed by atoms with Crippen LogP contribution in [-0.4, -0.2) is 66.2 Å². The maximum Gasteiger partial charge on any atom is 0.222 e. The van der Waals surface area contributed by atoms with Gasteiger partial charge in [0.05, 0.1) is 5.69 Å². The molecular formula is C24H34N4O2. The molecule has 1 amide bonds. The normalized spacial score (nSPS) is 20.6. The van der Waals surface area contributed by atoms with Gasteiger partial charge in [-0.1, -0.05) is 23.4 Å². The van der Waals surface area contributed by atoms with E-state index in [1.54, 1.807) is 0 Å². The van der Waals surface area contributed by atoms with E-state index in [-0.39, 0.29) is 5.91 Å². The molecular weight excluding hydrogens is 376 g/mol. The Morgan fingerprint density at radius 2 is 1.87 bits per heavy atom. The fraction of sp³-hybridized carbons (Fsp3) is 0.583. The van der Waals surface area contributed by atoms with Crippen LogP contribution >= 0.6 is 0 Å². The summed E-state index contributed by atoms with van der Waals surface area (Å²) < 4.78 is 5.23. The Hall–Kier alpha value is -2.34. The van der Waals surface area contributed by atoms with Gasteiger partial charge in [-0.15, -0.1) is 0 Å². The molecule has 1 aromatic heterocycles. The number of anilines is 1. The summed E-state index contributed by atoms with van der Waals surface area (Å²) in [5, 5.41) is 4.00. The molecule has 0 bridgehead atoms. The molecule has 0 radical (unpaired) electrons. The number of rotatable bonds is 5. The molecule has 0 N–H and O–H groups in total. The summed E-state index contributed by atoms with van der Waals surface area (Å²) in [5.41, 5.74) is 4.70. The number of aryl methyl sites for hydroxylation is 3. The highest BCUT2D eigenvalue weighted by molar-refractivity contribution is 5.76. The van der Waals surface area contributed by atoms with Crippen molar-refractivity contribution in [1.29, 1.82) is 0 Å². The van der Waals surface area contributed by atoms with Crippen molar-refractivity contribution in [3.8, 4) is 0 Å². The molecule has 6 heteroatoms. The van der Waals surface area contributed by atoms with Gasteiger partial charge in [0.1, 0.15) is 5.76 Å². The quantitative estimate of drug-likeness (QED) is 0.757. The van der Waals surface area contributed by atoms with Gasteiger partial charge in [0.2, 0.25) is 5.91 Å². The third kappa shape index (κ3) is 4.53. The number of hydrogen-bond acceptors (Lipinski definition) is 5. The van der Waals surface area contributed by atoms with E-state index in [4.69, 9.17) is 4.52 Å². The minimum Gasteiger partial charge on any atom is -0.369 e. The highest BCUT2D eigenvalue weighted by atomic mass is 16.5. The number of piperazine rings is 1. The first-order valence-corrected chi connectivity index (χ1v) is 11.3. The highest BCUT2D eigenvalue weighted by Gasteiger charge is 2.30. The van der Waals surface area contributed by atoms with Crippen LogP contribution in [0.4, 0.5) is 5.69 Å². The molecule has 2 aliphatic rings. The smallest absolute Gasteiger partial charge is 0.222 e. The lowest BCUT2D eigenvalue weighted by molar-refractivity contribution is -0.133. The molecule has 3 heterocycles. The summed E-state index contributed by atoms with van der Waals surface area (Å²) >= 11 is 0. The Morgan fingerprint density at radius 3 is 2.57 bits per heavy atom. The van der Waals surface area contributed by atoms with Crippen LogP contribution in [0.15, 0.2) is 28.8 Å². The third-order valence-corrected chi connectivity index (χ3v) is 6.81. The molecule has 0 saturated carbocycles. The molecule has 0 spiro atoms. The predicted molar refractivity (Wildman–Crippen MR) is 119 cm³/mol. The van der Waals surface area contributed by atoms with Gasteiger partial charge in [0, 0.05) is 63.0 Å². The summed E-state index contributed by atoms with van der Waals surface area (Å²) in [4.78, 5) is 20.1. The topological polar surface area (TPSA) is 52.8 Å². The first-order chi connectivity index (χ1) is 14.5. The molecule has 1 aromatic carbocycles. The molecule has 1 unspecified atom stereocenters. The van der Waals surface area contributed by atoms with Gasteiger partial charge in [0.15, 0.2) is 0 Å². The number of hydrogen-bond donors (Lipinski definition) is 0. The SMILES string of the molecule is Cc1ccccc1N1CCN(C2CCCN(C(=O)CCc3c(C)noc3C)C2)CC1. The van der Waals surface area contributed by atoms with E-state index in [1.807, 2.05) is 13.8 Å². The van der Waals surface area contributed by atoms with Crippen LogP contribution in [-0.2, 0) is 11.2 Å².